The number of hydrogen-bond acceptors (Lipinski definition) is 8. The van der Waals surface area contributed by atoms with Crippen molar-refractivity contribution in [3.05, 3.63) is 34.4 Å². The number of ether oxygens (including phenoxy) is 2. The lowest BCUT2D eigenvalue weighted by atomic mass is 9.83. The van der Waals surface area contributed by atoms with Crippen LogP contribution in [0.5, 0.6) is 11.5 Å². The molecule has 1 amide bonds. The topological polar surface area (TPSA) is 145 Å². The summed E-state index contributed by atoms with van der Waals surface area (Å²) in [5, 5.41) is 18.9. The van der Waals surface area contributed by atoms with Crippen LogP contribution in [0.3, 0.4) is 0 Å². The molecule has 9 nitrogen and oxygen atoms in total. The quantitative estimate of drug-likeness (QED) is 0.155. The average molecular weight is 597 g/mol. The Morgan fingerprint density at radius 2 is 1.90 bits per heavy atom. The third-order valence-corrected chi connectivity index (χ3v) is 10.3. The minimum absolute atomic E-state index is 0.0698. The summed E-state index contributed by atoms with van der Waals surface area (Å²) in [5.74, 6) is 1.22. The Kier molecular flexibility index (Phi) is 13.0. The van der Waals surface area contributed by atoms with Crippen LogP contribution in [0.1, 0.15) is 71.3 Å². The lowest BCUT2D eigenvalue weighted by Crippen LogP contribution is -2.61. The number of carboxylic acids is 1. The number of benzene rings is 1. The Hall–Kier alpha value is -1.92. The van der Waals surface area contributed by atoms with Gasteiger partial charge in [0.05, 0.1) is 18.1 Å². The van der Waals surface area contributed by atoms with E-state index >= 15 is 0 Å². The van der Waals surface area contributed by atoms with Crippen molar-refractivity contribution >= 4 is 34.8 Å². The number of thioether (sulfide) groups is 1. The summed E-state index contributed by atoms with van der Waals surface area (Å²) >= 11 is 0.639. The van der Waals surface area contributed by atoms with E-state index in [1.807, 2.05) is 18.2 Å². The molecule has 40 heavy (non-hydrogen) atoms. The van der Waals surface area contributed by atoms with Crippen molar-refractivity contribution in [3.63, 3.8) is 0 Å². The number of unbranched alkanes of at least 4 members (excludes halogenated alkanes) is 5. The van der Waals surface area contributed by atoms with Crippen LogP contribution in [0.25, 0.3) is 0 Å². The van der Waals surface area contributed by atoms with E-state index in [4.69, 9.17) is 15.2 Å². The summed E-state index contributed by atoms with van der Waals surface area (Å²) in [6.45, 7) is 6.63. The zero-order valence-corrected chi connectivity index (χ0v) is 25.4. The van der Waals surface area contributed by atoms with E-state index < -0.39 is 29.2 Å². The number of hydrogen-bond donors (Lipinski definition) is 3. The summed E-state index contributed by atoms with van der Waals surface area (Å²) in [6, 6.07) is 5.80. The molecule has 0 spiro atoms. The maximum atomic E-state index is 12.3. The second-order valence-corrected chi connectivity index (χ2v) is 13.7. The van der Waals surface area contributed by atoms with Crippen molar-refractivity contribution in [2.45, 2.75) is 89.5 Å². The number of β-lactam (4-membered cyclic amide) rings is 1. The van der Waals surface area contributed by atoms with Gasteiger partial charge >= 0.3 is 5.97 Å². The van der Waals surface area contributed by atoms with Crippen molar-refractivity contribution in [1.29, 1.82) is 0 Å². The van der Waals surface area contributed by atoms with Crippen LogP contribution in [0.15, 0.2) is 28.8 Å². The van der Waals surface area contributed by atoms with Crippen LogP contribution >= 0.6 is 11.8 Å². The molecule has 0 aromatic heterocycles. The number of aliphatic hydroxyl groups is 1. The van der Waals surface area contributed by atoms with Gasteiger partial charge in [-0.1, -0.05) is 49.8 Å². The Labute approximate surface area is 245 Å². The maximum Gasteiger partial charge on any atom is 0.353 e. The van der Waals surface area contributed by atoms with E-state index in [1.54, 1.807) is 6.92 Å². The van der Waals surface area contributed by atoms with Gasteiger partial charge in [-0.15, -0.1) is 11.8 Å². The molecule has 1 aromatic rings. The SMILES string of the molecule is CCCCCCCC[S+]([O-])C(C)Cc1ccc2c(c1)OCO2.C[C@@H](O)[C@H]1C(=O)N2C(C(=O)O)=C(SCCN)C[C@H]12. The molecule has 0 aliphatic carbocycles. The Morgan fingerprint density at radius 3 is 2.58 bits per heavy atom. The number of carbonyl (C=O) groups excluding carboxylic acids is 1. The Balaban J connectivity index is 0.000000225. The first-order valence-corrected chi connectivity index (χ1v) is 16.6. The van der Waals surface area contributed by atoms with E-state index in [1.165, 1.54) is 54.3 Å². The molecule has 3 aliphatic rings. The van der Waals surface area contributed by atoms with E-state index in [2.05, 4.69) is 13.8 Å². The predicted molar refractivity (Wildman–Crippen MR) is 159 cm³/mol. The van der Waals surface area contributed by atoms with Crippen LogP contribution in [-0.2, 0) is 27.2 Å². The lowest BCUT2D eigenvalue weighted by molar-refractivity contribution is -0.161. The second kappa shape index (κ2) is 15.9. The molecule has 3 heterocycles. The number of amides is 1. The van der Waals surface area contributed by atoms with Gasteiger partial charge in [-0.3, -0.25) is 4.79 Å². The van der Waals surface area contributed by atoms with Crippen molar-refractivity contribution in [3.8, 4) is 11.5 Å². The third kappa shape index (κ3) is 8.31. The zero-order chi connectivity index (χ0) is 29.2. The van der Waals surface area contributed by atoms with E-state index in [0.29, 0.717) is 30.4 Å². The minimum Gasteiger partial charge on any atom is -0.616 e. The zero-order valence-electron chi connectivity index (χ0n) is 23.8. The summed E-state index contributed by atoms with van der Waals surface area (Å²) in [5.41, 5.74) is 6.65. The van der Waals surface area contributed by atoms with Gasteiger partial charge in [-0.25, -0.2) is 4.79 Å². The highest BCUT2D eigenvalue weighted by molar-refractivity contribution is 8.03. The Morgan fingerprint density at radius 1 is 1.20 bits per heavy atom. The van der Waals surface area contributed by atoms with Crippen molar-refractivity contribution in [2.24, 2.45) is 11.7 Å². The van der Waals surface area contributed by atoms with Gasteiger partial charge in [0, 0.05) is 30.0 Å². The standard InChI is InChI=1S/C18H28O3S.C11H16N2O4S/c1-3-4-5-6-7-8-11-22(19)15(2)12-16-9-10-17-18(13-16)21-14-20-17;1-5(14)8-6-4-7(18-3-2-12)9(11(16)17)13(6)10(8)15/h9-10,13,15H,3-8,11-12,14H2,1-2H3;5-6,8,14H,2-4,12H2,1H3,(H,16,17)/t;5-,6-,8-/m.1/s1. The fourth-order valence-electron chi connectivity index (χ4n) is 5.26. The summed E-state index contributed by atoms with van der Waals surface area (Å²) in [4.78, 5) is 25.1. The number of aliphatic carboxylic acids is 1. The molecule has 1 aromatic carbocycles. The number of nitrogens with zero attached hydrogens (tertiary/aromatic N) is 1. The van der Waals surface area contributed by atoms with Crippen molar-refractivity contribution < 1.29 is 33.8 Å². The van der Waals surface area contributed by atoms with Gasteiger partial charge in [-0.05, 0) is 44.4 Å². The lowest BCUT2D eigenvalue weighted by Gasteiger charge is -2.44. The molecule has 2 unspecified atom stereocenters. The van der Waals surface area contributed by atoms with Crippen LogP contribution in [0, 0.1) is 5.92 Å². The highest BCUT2D eigenvalue weighted by atomic mass is 32.2. The van der Waals surface area contributed by atoms with Crippen molar-refractivity contribution in [2.75, 3.05) is 24.8 Å². The molecule has 3 aliphatic heterocycles. The number of rotatable bonds is 15. The first kappa shape index (κ1) is 32.6. The number of carboxylic acid groups (broad SMARTS) is 1. The molecule has 4 rings (SSSR count). The van der Waals surface area contributed by atoms with Gasteiger partial charge in [0.25, 0.3) is 0 Å². The molecular formula is C29H44N2O7S2. The molecule has 5 atom stereocenters. The molecule has 1 saturated heterocycles. The normalized spacial score (nSPS) is 21.4. The van der Waals surface area contributed by atoms with Crippen LogP contribution in [0.2, 0.25) is 0 Å². The first-order valence-electron chi connectivity index (χ1n) is 14.3. The fraction of sp³-hybridized carbons (Fsp3) is 0.655. The molecule has 224 valence electrons. The number of aliphatic hydroxyl groups excluding tert-OH is 1. The van der Waals surface area contributed by atoms with E-state index in [0.717, 1.165) is 30.1 Å². The second-order valence-electron chi connectivity index (χ2n) is 10.5. The summed E-state index contributed by atoms with van der Waals surface area (Å²) in [7, 11) is 0. The van der Waals surface area contributed by atoms with Gasteiger partial charge in [0.15, 0.2) is 11.5 Å². The molecule has 11 heteroatoms. The van der Waals surface area contributed by atoms with Crippen molar-refractivity contribution in [1.82, 2.24) is 4.90 Å². The smallest absolute Gasteiger partial charge is 0.353 e. The molecule has 1 fully saturated rings. The summed E-state index contributed by atoms with van der Waals surface area (Å²) in [6.07, 6.45) is 8.09. The monoisotopic (exact) mass is 596 g/mol. The molecule has 0 bridgehead atoms. The summed E-state index contributed by atoms with van der Waals surface area (Å²) < 4.78 is 23.0. The average Bonchev–Trinajstić information content (AvgIpc) is 3.51. The van der Waals surface area contributed by atoms with Gasteiger partial charge in [0.2, 0.25) is 12.7 Å². The number of carbonyl (C=O) groups is 2. The molecular weight excluding hydrogens is 552 g/mol. The van der Waals surface area contributed by atoms with Gasteiger partial charge in [0.1, 0.15) is 16.7 Å². The van der Waals surface area contributed by atoms with Crippen LogP contribution in [-0.4, -0.2) is 73.8 Å². The fourth-order valence-corrected chi connectivity index (χ4v) is 7.51. The minimum atomic E-state index is -1.09. The van der Waals surface area contributed by atoms with Gasteiger partial charge in [-0.2, -0.15) is 0 Å². The largest absolute Gasteiger partial charge is 0.616 e. The highest BCUT2D eigenvalue weighted by Gasteiger charge is 2.56. The molecule has 0 radical (unpaired) electrons. The third-order valence-electron chi connectivity index (χ3n) is 7.39. The molecule has 0 saturated carbocycles. The first-order chi connectivity index (χ1) is 19.2. The number of fused-ring (bicyclic) bond motifs is 2. The van der Waals surface area contributed by atoms with Gasteiger partial charge < -0.3 is 34.9 Å². The van der Waals surface area contributed by atoms with Crippen LogP contribution in [0.4, 0.5) is 0 Å². The molecule has 4 N–H and O–H groups in total. The maximum absolute atomic E-state index is 12.3. The van der Waals surface area contributed by atoms with E-state index in [9.17, 15) is 24.4 Å². The highest BCUT2D eigenvalue weighted by Crippen LogP contribution is 2.46. The predicted octanol–water partition coefficient (Wildman–Crippen LogP) is 4.04. The van der Waals surface area contributed by atoms with E-state index in [-0.39, 0.29) is 22.9 Å². The Bertz CT molecular complexity index is 1040. The van der Waals surface area contributed by atoms with Crippen LogP contribution < -0.4 is 15.2 Å². The number of nitrogens with two attached hydrogens (primary N) is 1.